The number of nitrogens with zero attached hydrogens (tertiary/aromatic N) is 3. The molecule has 0 unspecified atom stereocenters. The molecule has 21 heavy (non-hydrogen) atoms. The number of alkyl halides is 3. The second-order valence-corrected chi connectivity index (χ2v) is 5.77. The monoisotopic (exact) mass is 367 g/mol. The Hall–Kier alpha value is -1.35. The van der Waals surface area contributed by atoms with Crippen molar-refractivity contribution in [1.29, 1.82) is 0 Å². The first kappa shape index (κ1) is 16.0. The maximum absolute atomic E-state index is 12.6. The van der Waals surface area contributed by atoms with Crippen molar-refractivity contribution in [3.8, 4) is 5.88 Å². The van der Waals surface area contributed by atoms with Gasteiger partial charge in [-0.15, -0.1) is 5.10 Å². The topological polar surface area (TPSA) is 59.7 Å². The summed E-state index contributed by atoms with van der Waals surface area (Å²) in [5.41, 5.74) is -0.573. The predicted molar refractivity (Wildman–Crippen MR) is 72.1 cm³/mol. The normalized spacial score (nSPS) is 14.5. The SMILES string of the molecule is C[C@H](Oc1ccc(C(C)(C)O)c2nc(Br)nn12)C(F)(F)F. The smallest absolute Gasteiger partial charge is 0.425 e. The maximum Gasteiger partial charge on any atom is 0.425 e. The first-order valence-corrected chi connectivity index (χ1v) is 6.81. The van der Waals surface area contributed by atoms with Gasteiger partial charge in [0, 0.05) is 11.6 Å². The molecule has 0 amide bonds. The summed E-state index contributed by atoms with van der Waals surface area (Å²) >= 11 is 3.06. The van der Waals surface area contributed by atoms with Crippen molar-refractivity contribution in [2.45, 2.75) is 38.7 Å². The van der Waals surface area contributed by atoms with E-state index < -0.39 is 17.9 Å². The van der Waals surface area contributed by atoms with Crippen LogP contribution in [0.2, 0.25) is 0 Å². The van der Waals surface area contributed by atoms with Crippen molar-refractivity contribution < 1.29 is 23.0 Å². The highest BCUT2D eigenvalue weighted by Crippen LogP contribution is 2.30. The van der Waals surface area contributed by atoms with E-state index in [1.807, 2.05) is 0 Å². The maximum atomic E-state index is 12.6. The van der Waals surface area contributed by atoms with E-state index in [1.165, 1.54) is 12.1 Å². The molecule has 0 aromatic carbocycles. The Morgan fingerprint density at radius 2 is 1.95 bits per heavy atom. The number of hydrogen-bond acceptors (Lipinski definition) is 4. The van der Waals surface area contributed by atoms with Gasteiger partial charge in [0.25, 0.3) is 0 Å². The van der Waals surface area contributed by atoms with Crippen LogP contribution in [0.4, 0.5) is 13.2 Å². The van der Waals surface area contributed by atoms with E-state index in [1.54, 1.807) is 13.8 Å². The Balaban J connectivity index is 2.53. The van der Waals surface area contributed by atoms with Gasteiger partial charge in [0.2, 0.25) is 10.6 Å². The fraction of sp³-hybridized carbons (Fsp3) is 0.500. The number of hydrogen-bond donors (Lipinski definition) is 1. The lowest BCUT2D eigenvalue weighted by Gasteiger charge is -2.21. The summed E-state index contributed by atoms with van der Waals surface area (Å²) in [6.07, 6.45) is -6.48. The Labute approximate surface area is 126 Å². The molecule has 2 heterocycles. The number of aromatic nitrogens is 3. The quantitative estimate of drug-likeness (QED) is 0.905. The molecule has 0 radical (unpaired) electrons. The third-order valence-corrected chi connectivity index (χ3v) is 3.18. The third kappa shape index (κ3) is 3.29. The van der Waals surface area contributed by atoms with Gasteiger partial charge in [0.05, 0.1) is 5.60 Å². The molecule has 0 saturated carbocycles. The number of fused-ring (bicyclic) bond motifs is 1. The summed E-state index contributed by atoms with van der Waals surface area (Å²) in [4.78, 5) is 4.06. The first-order chi connectivity index (χ1) is 9.50. The zero-order valence-electron chi connectivity index (χ0n) is 11.4. The van der Waals surface area contributed by atoms with Crippen LogP contribution in [0.25, 0.3) is 5.65 Å². The van der Waals surface area contributed by atoms with Crippen molar-refractivity contribution in [1.82, 2.24) is 14.6 Å². The van der Waals surface area contributed by atoms with Crippen LogP contribution in [-0.2, 0) is 5.60 Å². The molecule has 9 heteroatoms. The van der Waals surface area contributed by atoms with Gasteiger partial charge in [0.1, 0.15) is 0 Å². The van der Waals surface area contributed by atoms with Crippen molar-refractivity contribution in [2.75, 3.05) is 0 Å². The van der Waals surface area contributed by atoms with E-state index in [0.717, 1.165) is 11.4 Å². The Bertz CT molecular complexity index is 664. The molecule has 0 spiro atoms. The molecule has 2 rings (SSSR count). The minimum atomic E-state index is -4.49. The van der Waals surface area contributed by atoms with E-state index in [0.29, 0.717) is 5.56 Å². The van der Waals surface area contributed by atoms with Crippen LogP contribution in [0.5, 0.6) is 5.88 Å². The highest BCUT2D eigenvalue weighted by Gasteiger charge is 2.38. The van der Waals surface area contributed by atoms with Crippen LogP contribution in [0.15, 0.2) is 16.9 Å². The summed E-state index contributed by atoms with van der Waals surface area (Å²) in [5, 5.41) is 14.0. The summed E-state index contributed by atoms with van der Waals surface area (Å²) in [5.74, 6) is -0.110. The van der Waals surface area contributed by atoms with Crippen LogP contribution < -0.4 is 4.74 Å². The average Bonchev–Trinajstić information content (AvgIpc) is 2.67. The van der Waals surface area contributed by atoms with Crippen LogP contribution in [0.3, 0.4) is 0 Å². The Kier molecular flexibility index (Phi) is 3.92. The van der Waals surface area contributed by atoms with Gasteiger partial charge in [-0.2, -0.15) is 17.7 Å². The second kappa shape index (κ2) is 5.13. The first-order valence-electron chi connectivity index (χ1n) is 6.01. The van der Waals surface area contributed by atoms with Crippen molar-refractivity contribution in [3.63, 3.8) is 0 Å². The fourth-order valence-corrected chi connectivity index (χ4v) is 2.06. The molecule has 5 nitrogen and oxygen atoms in total. The van der Waals surface area contributed by atoms with Crippen LogP contribution in [0.1, 0.15) is 26.3 Å². The van der Waals surface area contributed by atoms with E-state index in [2.05, 4.69) is 26.0 Å². The van der Waals surface area contributed by atoms with Crippen molar-refractivity contribution in [2.24, 2.45) is 0 Å². The zero-order valence-corrected chi connectivity index (χ0v) is 13.0. The van der Waals surface area contributed by atoms with E-state index in [4.69, 9.17) is 4.74 Å². The second-order valence-electron chi connectivity index (χ2n) is 5.06. The summed E-state index contributed by atoms with van der Waals surface area (Å²) in [6.45, 7) is 4.00. The van der Waals surface area contributed by atoms with E-state index in [9.17, 15) is 18.3 Å². The van der Waals surface area contributed by atoms with Crippen LogP contribution >= 0.6 is 15.9 Å². The van der Waals surface area contributed by atoms with Gasteiger partial charge in [-0.05, 0) is 42.8 Å². The predicted octanol–water partition coefficient (Wildman–Crippen LogP) is 3.05. The molecule has 2 aromatic heterocycles. The molecule has 1 N–H and O–H groups in total. The molecule has 0 aliphatic rings. The van der Waals surface area contributed by atoms with E-state index in [-0.39, 0.29) is 16.3 Å². The number of aliphatic hydroxyl groups is 1. The lowest BCUT2D eigenvalue weighted by molar-refractivity contribution is -0.190. The molecule has 0 bridgehead atoms. The van der Waals surface area contributed by atoms with E-state index >= 15 is 0 Å². The Morgan fingerprint density at radius 1 is 1.33 bits per heavy atom. The highest BCUT2D eigenvalue weighted by molar-refractivity contribution is 9.10. The van der Waals surface area contributed by atoms with Gasteiger partial charge >= 0.3 is 6.18 Å². The highest BCUT2D eigenvalue weighted by atomic mass is 79.9. The molecule has 1 atom stereocenters. The van der Waals surface area contributed by atoms with Gasteiger partial charge in [-0.3, -0.25) is 0 Å². The lowest BCUT2D eigenvalue weighted by Crippen LogP contribution is -2.32. The minimum absolute atomic E-state index is 0.110. The third-order valence-electron chi connectivity index (χ3n) is 2.84. The molecular formula is C12H13BrF3N3O2. The molecule has 0 saturated heterocycles. The largest absolute Gasteiger partial charge is 0.465 e. The molecule has 0 aliphatic carbocycles. The van der Waals surface area contributed by atoms with Crippen molar-refractivity contribution in [3.05, 3.63) is 22.4 Å². The number of ether oxygens (including phenoxy) is 1. The summed E-state index contributed by atoms with van der Waals surface area (Å²) < 4.78 is 44.0. The molecular weight excluding hydrogens is 355 g/mol. The molecule has 2 aromatic rings. The van der Waals surface area contributed by atoms with Gasteiger partial charge in [0.15, 0.2) is 11.8 Å². The summed E-state index contributed by atoms with van der Waals surface area (Å²) in [7, 11) is 0. The zero-order chi connectivity index (χ0) is 16.0. The van der Waals surface area contributed by atoms with Gasteiger partial charge < -0.3 is 9.84 Å². The van der Waals surface area contributed by atoms with Gasteiger partial charge in [-0.25, -0.2) is 4.98 Å². The van der Waals surface area contributed by atoms with Crippen LogP contribution in [-0.4, -0.2) is 32.0 Å². The minimum Gasteiger partial charge on any atom is -0.465 e. The van der Waals surface area contributed by atoms with Gasteiger partial charge in [-0.1, -0.05) is 0 Å². The molecule has 0 fully saturated rings. The molecule has 0 aliphatic heterocycles. The average molecular weight is 368 g/mol. The number of halogens is 4. The summed E-state index contributed by atoms with van der Waals surface area (Å²) in [6, 6.07) is 2.79. The lowest BCUT2D eigenvalue weighted by atomic mass is 10.00. The number of rotatable bonds is 3. The standard InChI is InChI=1S/C12H13BrF3N3O2/c1-6(12(14,15)16)21-8-5-4-7(11(2,3)20)9-17-10(13)18-19(8)9/h4-6,20H,1-3H3/t6-/m0/s1. The number of pyridine rings is 1. The van der Waals surface area contributed by atoms with Crippen molar-refractivity contribution >= 4 is 21.6 Å². The fourth-order valence-electron chi connectivity index (χ4n) is 1.73. The van der Waals surface area contributed by atoms with Crippen LogP contribution in [0, 0.1) is 0 Å². The Morgan fingerprint density at radius 3 is 2.48 bits per heavy atom. The molecule has 116 valence electrons.